The van der Waals surface area contributed by atoms with E-state index in [2.05, 4.69) is 5.10 Å². The van der Waals surface area contributed by atoms with Crippen molar-refractivity contribution in [3.05, 3.63) is 17.3 Å². The lowest BCUT2D eigenvalue weighted by Gasteiger charge is -2.25. The van der Waals surface area contributed by atoms with Crippen LogP contribution in [0.1, 0.15) is 12.1 Å². The highest BCUT2D eigenvalue weighted by atomic mass is 32.2. The predicted octanol–water partition coefficient (Wildman–Crippen LogP) is 0.278. The molecule has 1 aliphatic heterocycles. The lowest BCUT2D eigenvalue weighted by molar-refractivity contribution is 0.219. The van der Waals surface area contributed by atoms with Crippen LogP contribution >= 0.6 is 0 Å². The van der Waals surface area contributed by atoms with Crippen molar-refractivity contribution >= 4 is 15.8 Å². The molecule has 7 nitrogen and oxygen atoms in total. The molecule has 20 heavy (non-hydrogen) atoms. The van der Waals surface area contributed by atoms with Crippen LogP contribution in [0.15, 0.2) is 16.5 Å². The zero-order chi connectivity index (χ0) is 14.9. The summed E-state index contributed by atoms with van der Waals surface area (Å²) in [6.45, 7) is 3.02. The van der Waals surface area contributed by atoms with E-state index < -0.39 is 10.0 Å². The molecule has 0 radical (unpaired) electrons. The van der Waals surface area contributed by atoms with Gasteiger partial charge in [0.15, 0.2) is 5.82 Å². The minimum Gasteiger partial charge on any atom is -0.381 e. The summed E-state index contributed by atoms with van der Waals surface area (Å²) < 4.78 is 33.2. The SMILES string of the molecule is COCC1=CCN(S(=O)(=O)c2c(N)nn(C)c2C)CC1. The summed E-state index contributed by atoms with van der Waals surface area (Å²) in [5, 5.41) is 3.97. The average molecular weight is 300 g/mol. The van der Waals surface area contributed by atoms with Crippen molar-refractivity contribution in [1.82, 2.24) is 14.1 Å². The second-order valence-electron chi connectivity index (χ2n) is 4.83. The largest absolute Gasteiger partial charge is 0.381 e. The highest BCUT2D eigenvalue weighted by Gasteiger charge is 2.31. The van der Waals surface area contributed by atoms with Gasteiger partial charge in [-0.05, 0) is 18.9 Å². The number of methoxy groups -OCH3 is 1. The summed E-state index contributed by atoms with van der Waals surface area (Å²) in [5.74, 6) is 0.0525. The average Bonchev–Trinajstić information content (AvgIpc) is 2.64. The molecular formula is C12H20N4O3S. The molecule has 0 unspecified atom stereocenters. The fourth-order valence-corrected chi connectivity index (χ4v) is 3.96. The number of aryl methyl sites for hydroxylation is 1. The molecule has 2 rings (SSSR count). The van der Waals surface area contributed by atoms with Crippen LogP contribution in [0, 0.1) is 6.92 Å². The molecule has 8 heteroatoms. The number of hydrogen-bond donors (Lipinski definition) is 1. The van der Waals surface area contributed by atoms with E-state index in [1.807, 2.05) is 6.08 Å². The monoisotopic (exact) mass is 300 g/mol. The van der Waals surface area contributed by atoms with E-state index in [0.717, 1.165) is 5.57 Å². The van der Waals surface area contributed by atoms with Crippen molar-refractivity contribution in [1.29, 1.82) is 0 Å². The van der Waals surface area contributed by atoms with Crippen LogP contribution in [0.2, 0.25) is 0 Å². The van der Waals surface area contributed by atoms with E-state index in [0.29, 0.717) is 31.8 Å². The van der Waals surface area contributed by atoms with Crippen molar-refractivity contribution < 1.29 is 13.2 Å². The first-order chi connectivity index (χ1) is 9.37. The van der Waals surface area contributed by atoms with Gasteiger partial charge >= 0.3 is 0 Å². The number of rotatable bonds is 4. The molecule has 1 aliphatic rings. The maximum absolute atomic E-state index is 12.6. The number of nitrogen functional groups attached to an aromatic ring is 1. The lowest BCUT2D eigenvalue weighted by Crippen LogP contribution is -2.35. The van der Waals surface area contributed by atoms with Crippen LogP contribution < -0.4 is 5.73 Å². The van der Waals surface area contributed by atoms with Gasteiger partial charge in [0.2, 0.25) is 10.0 Å². The van der Waals surface area contributed by atoms with Crippen molar-refractivity contribution in [2.45, 2.75) is 18.2 Å². The number of anilines is 1. The number of nitrogens with zero attached hydrogens (tertiary/aromatic N) is 3. The van der Waals surface area contributed by atoms with Gasteiger partial charge in [0.1, 0.15) is 4.90 Å². The molecule has 0 atom stereocenters. The highest BCUT2D eigenvalue weighted by molar-refractivity contribution is 7.89. The van der Waals surface area contributed by atoms with Crippen LogP contribution in [0.4, 0.5) is 5.82 Å². The number of hydrogen-bond acceptors (Lipinski definition) is 5. The van der Waals surface area contributed by atoms with Gasteiger partial charge in [0, 0.05) is 27.2 Å². The molecule has 0 aliphatic carbocycles. The summed E-state index contributed by atoms with van der Waals surface area (Å²) in [6, 6.07) is 0. The van der Waals surface area contributed by atoms with E-state index in [-0.39, 0.29) is 10.7 Å². The molecule has 2 heterocycles. The first-order valence-corrected chi connectivity index (χ1v) is 7.78. The fraction of sp³-hybridized carbons (Fsp3) is 0.583. The topological polar surface area (TPSA) is 90.4 Å². The second kappa shape index (κ2) is 5.55. The number of aromatic nitrogens is 2. The maximum Gasteiger partial charge on any atom is 0.248 e. The lowest BCUT2D eigenvalue weighted by atomic mass is 10.1. The molecule has 0 saturated heterocycles. The van der Waals surface area contributed by atoms with Crippen LogP contribution in [0.3, 0.4) is 0 Å². The molecule has 0 fully saturated rings. The Bertz CT molecular complexity index is 633. The second-order valence-corrected chi connectivity index (χ2v) is 6.71. The Kier molecular flexibility index (Phi) is 4.17. The summed E-state index contributed by atoms with van der Waals surface area (Å²) in [5.41, 5.74) is 7.41. The maximum atomic E-state index is 12.6. The summed E-state index contributed by atoms with van der Waals surface area (Å²) in [7, 11) is -0.295. The molecule has 0 amide bonds. The third kappa shape index (κ3) is 2.58. The van der Waals surface area contributed by atoms with E-state index in [9.17, 15) is 8.42 Å². The van der Waals surface area contributed by atoms with Crippen molar-refractivity contribution in [2.75, 3.05) is 32.5 Å². The van der Waals surface area contributed by atoms with Gasteiger partial charge in [-0.2, -0.15) is 9.40 Å². The predicted molar refractivity (Wildman–Crippen MR) is 75.7 cm³/mol. The number of nitrogens with two attached hydrogens (primary N) is 1. The molecule has 0 aromatic carbocycles. The van der Waals surface area contributed by atoms with Gasteiger partial charge in [-0.15, -0.1) is 0 Å². The van der Waals surface area contributed by atoms with E-state index in [4.69, 9.17) is 10.5 Å². The number of sulfonamides is 1. The van der Waals surface area contributed by atoms with E-state index in [1.54, 1.807) is 21.1 Å². The van der Waals surface area contributed by atoms with Crippen molar-refractivity contribution in [3.8, 4) is 0 Å². The summed E-state index contributed by atoms with van der Waals surface area (Å²) in [6.07, 6.45) is 2.57. The molecule has 112 valence electrons. The standard InChI is InChI=1S/C12H20N4O3S/c1-9-11(12(13)14-15(9)2)20(17,18)16-6-4-10(5-7-16)8-19-3/h4H,5-8H2,1-3H3,(H2,13,14). The van der Waals surface area contributed by atoms with Crippen LogP contribution in [0.5, 0.6) is 0 Å². The minimum absolute atomic E-state index is 0.0525. The van der Waals surface area contributed by atoms with Gasteiger partial charge in [-0.3, -0.25) is 4.68 Å². The zero-order valence-corrected chi connectivity index (χ0v) is 12.8. The normalized spacial score (nSPS) is 17.2. The van der Waals surface area contributed by atoms with Crippen molar-refractivity contribution in [3.63, 3.8) is 0 Å². The first-order valence-electron chi connectivity index (χ1n) is 6.34. The molecule has 0 saturated carbocycles. The Morgan fingerprint density at radius 2 is 2.20 bits per heavy atom. The molecule has 0 bridgehead atoms. The van der Waals surface area contributed by atoms with Gasteiger partial charge in [0.25, 0.3) is 0 Å². The smallest absolute Gasteiger partial charge is 0.248 e. The quantitative estimate of drug-likeness (QED) is 0.807. The third-order valence-electron chi connectivity index (χ3n) is 3.50. The van der Waals surface area contributed by atoms with Crippen LogP contribution in [-0.2, 0) is 21.8 Å². The summed E-state index contributed by atoms with van der Waals surface area (Å²) in [4.78, 5) is 0.114. The molecule has 0 spiro atoms. The van der Waals surface area contributed by atoms with E-state index >= 15 is 0 Å². The minimum atomic E-state index is -3.60. The van der Waals surface area contributed by atoms with Gasteiger partial charge < -0.3 is 10.5 Å². The highest BCUT2D eigenvalue weighted by Crippen LogP contribution is 2.27. The van der Waals surface area contributed by atoms with Gasteiger partial charge in [-0.25, -0.2) is 8.42 Å². The Hall–Kier alpha value is -1.38. The molecular weight excluding hydrogens is 280 g/mol. The van der Waals surface area contributed by atoms with Crippen LogP contribution in [-0.4, -0.2) is 49.3 Å². The molecule has 1 aromatic heterocycles. The summed E-state index contributed by atoms with van der Waals surface area (Å²) >= 11 is 0. The third-order valence-corrected chi connectivity index (χ3v) is 5.53. The Morgan fingerprint density at radius 1 is 1.50 bits per heavy atom. The Balaban J connectivity index is 2.29. The number of ether oxygens (including phenoxy) is 1. The van der Waals surface area contributed by atoms with Gasteiger partial charge in [-0.1, -0.05) is 6.08 Å². The van der Waals surface area contributed by atoms with E-state index in [1.165, 1.54) is 8.99 Å². The zero-order valence-electron chi connectivity index (χ0n) is 12.0. The first kappa shape index (κ1) is 15.0. The fourth-order valence-electron chi connectivity index (χ4n) is 2.29. The Labute approximate surface area is 119 Å². The molecule has 2 N–H and O–H groups in total. The van der Waals surface area contributed by atoms with Crippen molar-refractivity contribution in [2.24, 2.45) is 7.05 Å². The molecule has 1 aromatic rings. The Morgan fingerprint density at radius 3 is 2.65 bits per heavy atom. The van der Waals surface area contributed by atoms with Gasteiger partial charge in [0.05, 0.1) is 12.3 Å². The van der Waals surface area contributed by atoms with Crippen LogP contribution in [0.25, 0.3) is 0 Å².